The van der Waals surface area contributed by atoms with Crippen LogP contribution in [0.1, 0.15) is 15.9 Å². The summed E-state index contributed by atoms with van der Waals surface area (Å²) < 4.78 is 21.4. The molecular weight excluding hydrogens is 320 g/mol. The van der Waals surface area contributed by atoms with E-state index in [9.17, 15) is 4.79 Å². The van der Waals surface area contributed by atoms with Crippen molar-refractivity contribution in [1.82, 2.24) is 0 Å². The predicted octanol–water partition coefficient (Wildman–Crippen LogP) is 3.48. The molecule has 0 aliphatic carbocycles. The maximum absolute atomic E-state index is 12.2. The van der Waals surface area contributed by atoms with Crippen molar-refractivity contribution in [2.75, 3.05) is 20.3 Å². The van der Waals surface area contributed by atoms with Crippen LogP contribution in [0.2, 0.25) is 5.02 Å². The molecular formula is C17H15ClO5. The van der Waals surface area contributed by atoms with E-state index in [4.69, 9.17) is 30.5 Å². The summed E-state index contributed by atoms with van der Waals surface area (Å²) in [6.07, 6.45) is 0. The van der Waals surface area contributed by atoms with Gasteiger partial charge < -0.3 is 18.9 Å². The zero-order chi connectivity index (χ0) is 16.2. The van der Waals surface area contributed by atoms with Gasteiger partial charge in [0.05, 0.1) is 12.1 Å². The molecule has 1 aliphatic rings. The average molecular weight is 335 g/mol. The second-order valence-corrected chi connectivity index (χ2v) is 5.29. The van der Waals surface area contributed by atoms with Gasteiger partial charge in [0, 0.05) is 0 Å². The molecule has 1 heterocycles. The Hall–Kier alpha value is -2.40. The van der Waals surface area contributed by atoms with Crippen LogP contribution in [-0.4, -0.2) is 26.3 Å². The number of carbonyl (C=O) groups is 1. The first kappa shape index (κ1) is 15.5. The molecule has 23 heavy (non-hydrogen) atoms. The number of rotatable bonds is 4. The van der Waals surface area contributed by atoms with Crippen LogP contribution in [0.4, 0.5) is 0 Å². The molecule has 1 aliphatic heterocycles. The van der Waals surface area contributed by atoms with Crippen molar-refractivity contribution in [3.8, 4) is 17.2 Å². The number of halogens is 1. The highest BCUT2D eigenvalue weighted by atomic mass is 35.5. The molecule has 0 aromatic heterocycles. The summed E-state index contributed by atoms with van der Waals surface area (Å²) in [5, 5.41) is 0.436. The van der Waals surface area contributed by atoms with Crippen molar-refractivity contribution in [3.63, 3.8) is 0 Å². The zero-order valence-corrected chi connectivity index (χ0v) is 13.3. The normalized spacial score (nSPS) is 12.6. The summed E-state index contributed by atoms with van der Waals surface area (Å²) in [7, 11) is 1.51. The molecule has 3 rings (SSSR count). The van der Waals surface area contributed by atoms with E-state index < -0.39 is 5.97 Å². The lowest BCUT2D eigenvalue weighted by Gasteiger charge is -2.20. The van der Waals surface area contributed by atoms with Gasteiger partial charge in [-0.1, -0.05) is 23.7 Å². The minimum absolute atomic E-state index is 0.0766. The van der Waals surface area contributed by atoms with Gasteiger partial charge in [0.2, 0.25) is 0 Å². The van der Waals surface area contributed by atoms with Gasteiger partial charge in [0.15, 0.2) is 11.5 Å². The van der Waals surface area contributed by atoms with Crippen LogP contribution < -0.4 is 14.2 Å². The van der Waals surface area contributed by atoms with E-state index in [0.717, 1.165) is 5.56 Å². The number of methoxy groups -OCH3 is 1. The highest BCUT2D eigenvalue weighted by Gasteiger charge is 2.18. The Morgan fingerprint density at radius 3 is 2.83 bits per heavy atom. The quantitative estimate of drug-likeness (QED) is 0.801. The van der Waals surface area contributed by atoms with Gasteiger partial charge >= 0.3 is 5.97 Å². The Morgan fingerprint density at radius 1 is 1.22 bits per heavy atom. The van der Waals surface area contributed by atoms with Gasteiger partial charge in [-0.05, 0) is 29.8 Å². The van der Waals surface area contributed by atoms with E-state index in [1.54, 1.807) is 36.4 Å². The van der Waals surface area contributed by atoms with Crippen LogP contribution in [0.25, 0.3) is 0 Å². The molecule has 0 bridgehead atoms. The Balaban J connectivity index is 1.73. The number of fused-ring (bicyclic) bond motifs is 1. The predicted molar refractivity (Wildman–Crippen MR) is 84.6 cm³/mol. The number of hydrogen-bond acceptors (Lipinski definition) is 5. The molecule has 6 heteroatoms. The minimum Gasteiger partial charge on any atom is -0.496 e. The molecule has 0 N–H and O–H groups in total. The van der Waals surface area contributed by atoms with Crippen molar-refractivity contribution in [2.24, 2.45) is 0 Å². The summed E-state index contributed by atoms with van der Waals surface area (Å²) in [5.41, 5.74) is 1.10. The molecule has 120 valence electrons. The van der Waals surface area contributed by atoms with Crippen LogP contribution in [0.5, 0.6) is 17.2 Å². The van der Waals surface area contributed by atoms with Gasteiger partial charge in [-0.25, -0.2) is 4.79 Å². The van der Waals surface area contributed by atoms with Crippen LogP contribution in [0.15, 0.2) is 36.4 Å². The van der Waals surface area contributed by atoms with E-state index in [1.165, 1.54) is 7.11 Å². The van der Waals surface area contributed by atoms with Gasteiger partial charge in [0.25, 0.3) is 0 Å². The first-order valence-corrected chi connectivity index (χ1v) is 7.45. The van der Waals surface area contributed by atoms with Crippen molar-refractivity contribution in [2.45, 2.75) is 6.61 Å². The van der Waals surface area contributed by atoms with Gasteiger partial charge in [-0.3, -0.25) is 0 Å². The van der Waals surface area contributed by atoms with Crippen LogP contribution in [0, 0.1) is 0 Å². The summed E-state index contributed by atoms with van der Waals surface area (Å²) in [6, 6.07) is 10.4. The number of carbonyl (C=O) groups excluding carboxylic acids is 1. The highest BCUT2D eigenvalue weighted by molar-refractivity contribution is 6.32. The van der Waals surface area contributed by atoms with E-state index in [1.807, 2.05) is 0 Å². The van der Waals surface area contributed by atoms with Crippen molar-refractivity contribution in [3.05, 3.63) is 52.5 Å². The van der Waals surface area contributed by atoms with E-state index in [2.05, 4.69) is 0 Å². The lowest BCUT2D eigenvalue weighted by molar-refractivity contribution is 0.0468. The molecule has 0 atom stereocenters. The Kier molecular flexibility index (Phi) is 4.57. The fraction of sp³-hybridized carbons (Fsp3) is 0.235. The smallest absolute Gasteiger partial charge is 0.342 e. The number of esters is 1. The maximum atomic E-state index is 12.2. The van der Waals surface area contributed by atoms with Gasteiger partial charge in [-0.2, -0.15) is 0 Å². The fourth-order valence-corrected chi connectivity index (χ4v) is 2.58. The molecule has 0 saturated carbocycles. The summed E-state index contributed by atoms with van der Waals surface area (Å²) in [5.74, 6) is 1.09. The molecule has 0 fully saturated rings. The molecule has 2 aromatic rings. The van der Waals surface area contributed by atoms with Crippen molar-refractivity contribution >= 4 is 17.6 Å². The summed E-state index contributed by atoms with van der Waals surface area (Å²) >= 11 is 6.16. The molecule has 0 spiro atoms. The third-order valence-corrected chi connectivity index (χ3v) is 3.63. The molecule has 0 unspecified atom stereocenters. The Bertz CT molecular complexity index is 729. The van der Waals surface area contributed by atoms with E-state index >= 15 is 0 Å². The van der Waals surface area contributed by atoms with Crippen LogP contribution >= 0.6 is 11.6 Å². The summed E-state index contributed by atoms with van der Waals surface area (Å²) in [4.78, 5) is 12.2. The van der Waals surface area contributed by atoms with E-state index in [-0.39, 0.29) is 6.61 Å². The number of hydrogen-bond donors (Lipinski definition) is 0. The monoisotopic (exact) mass is 334 g/mol. The van der Waals surface area contributed by atoms with Gasteiger partial charge in [-0.15, -0.1) is 0 Å². The standard InChI is InChI=1S/C17H15ClO5/c1-20-14-5-3-2-4-12(14)17(19)23-10-11-8-13(18)16-15(9-11)21-6-7-22-16/h2-5,8-9H,6-7,10H2,1H3. The first-order valence-electron chi connectivity index (χ1n) is 7.07. The van der Waals surface area contributed by atoms with Crippen molar-refractivity contribution in [1.29, 1.82) is 0 Å². The largest absolute Gasteiger partial charge is 0.496 e. The average Bonchev–Trinajstić information content (AvgIpc) is 2.59. The van der Waals surface area contributed by atoms with Crippen molar-refractivity contribution < 1.29 is 23.7 Å². The first-order chi connectivity index (χ1) is 11.2. The third-order valence-electron chi connectivity index (χ3n) is 3.35. The number of ether oxygens (including phenoxy) is 4. The summed E-state index contributed by atoms with van der Waals surface area (Å²) in [6.45, 7) is 1.01. The maximum Gasteiger partial charge on any atom is 0.342 e. The molecule has 0 radical (unpaired) electrons. The number of para-hydroxylation sites is 1. The molecule has 0 amide bonds. The molecule has 5 nitrogen and oxygen atoms in total. The Labute approximate surface area is 138 Å². The SMILES string of the molecule is COc1ccccc1C(=O)OCc1cc(Cl)c2c(c1)OCCO2. The van der Waals surface area contributed by atoms with Crippen LogP contribution in [0.3, 0.4) is 0 Å². The molecule has 2 aromatic carbocycles. The lowest BCUT2D eigenvalue weighted by atomic mass is 10.2. The second-order valence-electron chi connectivity index (χ2n) is 4.88. The Morgan fingerprint density at radius 2 is 2.00 bits per heavy atom. The highest BCUT2D eigenvalue weighted by Crippen LogP contribution is 2.38. The third kappa shape index (κ3) is 3.35. The second kappa shape index (κ2) is 6.79. The topological polar surface area (TPSA) is 54.0 Å². The lowest BCUT2D eigenvalue weighted by Crippen LogP contribution is -2.16. The minimum atomic E-state index is -0.464. The number of benzene rings is 2. The van der Waals surface area contributed by atoms with Crippen LogP contribution in [-0.2, 0) is 11.3 Å². The van der Waals surface area contributed by atoms with Gasteiger partial charge in [0.1, 0.15) is 31.1 Å². The molecule has 0 saturated heterocycles. The zero-order valence-electron chi connectivity index (χ0n) is 12.5. The fourth-order valence-electron chi connectivity index (χ4n) is 2.29. The van der Waals surface area contributed by atoms with E-state index in [0.29, 0.717) is 41.0 Å².